The summed E-state index contributed by atoms with van der Waals surface area (Å²) in [6.07, 6.45) is -4.13. The van der Waals surface area contributed by atoms with Crippen molar-refractivity contribution in [2.24, 2.45) is 5.73 Å². The van der Waals surface area contributed by atoms with Gasteiger partial charge in [0.2, 0.25) is 0 Å². The number of carbonyl (C=O) groups is 2. The van der Waals surface area contributed by atoms with Gasteiger partial charge in [-0.2, -0.15) is 13.2 Å². The van der Waals surface area contributed by atoms with Crippen LogP contribution in [-0.2, 0) is 12.6 Å². The first kappa shape index (κ1) is 17.2. The van der Waals surface area contributed by atoms with Crippen molar-refractivity contribution in [3.05, 3.63) is 70.8 Å². The van der Waals surface area contributed by atoms with Gasteiger partial charge in [-0.15, -0.1) is 0 Å². The normalized spacial score (nSPS) is 15.4. The second-order valence-electron chi connectivity index (χ2n) is 5.93. The molecule has 1 atom stereocenters. The van der Waals surface area contributed by atoms with E-state index in [-0.39, 0.29) is 13.0 Å². The summed E-state index contributed by atoms with van der Waals surface area (Å²) < 4.78 is 37.7. The first-order chi connectivity index (χ1) is 11.8. The van der Waals surface area contributed by atoms with Gasteiger partial charge in [-0.05, 0) is 36.2 Å². The first-order valence-corrected chi connectivity index (χ1v) is 7.64. The molecule has 0 bridgehead atoms. The summed E-state index contributed by atoms with van der Waals surface area (Å²) in [6.45, 7) is 0.00731. The molecule has 7 heteroatoms. The highest BCUT2D eigenvalue weighted by molar-refractivity contribution is 6.21. The summed E-state index contributed by atoms with van der Waals surface area (Å²) in [5.74, 6) is -0.799. The average molecular weight is 348 g/mol. The number of alkyl halides is 3. The first-order valence-electron chi connectivity index (χ1n) is 7.64. The van der Waals surface area contributed by atoms with Gasteiger partial charge >= 0.3 is 6.18 Å². The molecule has 3 rings (SSSR count). The lowest BCUT2D eigenvalue weighted by atomic mass is 10.0. The van der Waals surface area contributed by atoms with Crippen LogP contribution in [0.3, 0.4) is 0 Å². The molecule has 0 fully saturated rings. The molecule has 2 aromatic rings. The fraction of sp³-hybridized carbons (Fsp3) is 0.222. The summed E-state index contributed by atoms with van der Waals surface area (Å²) in [7, 11) is 0. The molecule has 1 aliphatic rings. The van der Waals surface area contributed by atoms with Crippen LogP contribution in [-0.4, -0.2) is 29.3 Å². The van der Waals surface area contributed by atoms with Crippen LogP contribution in [0.1, 0.15) is 31.8 Å². The van der Waals surface area contributed by atoms with Gasteiger partial charge in [0.1, 0.15) is 0 Å². The maximum Gasteiger partial charge on any atom is 0.416 e. The van der Waals surface area contributed by atoms with E-state index < -0.39 is 29.6 Å². The molecule has 130 valence electrons. The highest BCUT2D eigenvalue weighted by Crippen LogP contribution is 2.29. The third kappa shape index (κ3) is 3.41. The lowest BCUT2D eigenvalue weighted by Gasteiger charge is -2.19. The number of imide groups is 1. The molecule has 0 spiro atoms. The number of hydrogen-bond donors (Lipinski definition) is 1. The van der Waals surface area contributed by atoms with E-state index in [0.717, 1.165) is 17.0 Å². The standard InChI is InChI=1S/C18H15F3N2O2/c19-18(20,21)12-7-5-11(6-8-12)9-13(22)10-23-16(24)14-3-1-2-4-15(14)17(23)25/h1-8,13H,9-10,22H2/t13-/m0/s1. The van der Waals surface area contributed by atoms with Gasteiger partial charge in [0, 0.05) is 12.6 Å². The number of nitrogens with two attached hydrogens (primary N) is 1. The van der Waals surface area contributed by atoms with E-state index in [1.165, 1.54) is 12.1 Å². The van der Waals surface area contributed by atoms with E-state index in [1.807, 2.05) is 0 Å². The predicted molar refractivity (Wildman–Crippen MR) is 84.9 cm³/mol. The van der Waals surface area contributed by atoms with Gasteiger partial charge in [-0.3, -0.25) is 14.5 Å². The highest BCUT2D eigenvalue weighted by Gasteiger charge is 2.35. The Morgan fingerprint density at radius 2 is 1.44 bits per heavy atom. The smallest absolute Gasteiger partial charge is 0.326 e. The Kier molecular flexibility index (Phi) is 4.34. The monoisotopic (exact) mass is 348 g/mol. The molecule has 1 heterocycles. The number of amides is 2. The molecule has 2 aromatic carbocycles. The molecule has 0 unspecified atom stereocenters. The molecule has 1 aliphatic heterocycles. The maximum atomic E-state index is 12.6. The molecule has 0 radical (unpaired) electrons. The van der Waals surface area contributed by atoms with Gasteiger partial charge in [0.05, 0.1) is 16.7 Å². The second-order valence-corrected chi connectivity index (χ2v) is 5.93. The van der Waals surface area contributed by atoms with Crippen molar-refractivity contribution < 1.29 is 22.8 Å². The zero-order valence-electron chi connectivity index (χ0n) is 13.1. The van der Waals surface area contributed by atoms with E-state index in [2.05, 4.69) is 0 Å². The number of rotatable bonds is 4. The Morgan fingerprint density at radius 1 is 0.920 bits per heavy atom. The minimum atomic E-state index is -4.39. The summed E-state index contributed by atoms with van der Waals surface area (Å²) in [4.78, 5) is 25.6. The average Bonchev–Trinajstić information content (AvgIpc) is 2.80. The van der Waals surface area contributed by atoms with Crippen molar-refractivity contribution in [1.82, 2.24) is 4.90 Å². The minimum absolute atomic E-state index is 0.00731. The fourth-order valence-corrected chi connectivity index (χ4v) is 2.84. The number of fused-ring (bicyclic) bond motifs is 1. The third-order valence-electron chi connectivity index (χ3n) is 4.07. The Bertz CT molecular complexity index is 781. The van der Waals surface area contributed by atoms with Gasteiger partial charge in [-0.1, -0.05) is 24.3 Å². The molecule has 2 amide bonds. The van der Waals surface area contributed by atoms with Crippen LogP contribution in [0.2, 0.25) is 0 Å². The van der Waals surface area contributed by atoms with Gasteiger partial charge in [0.15, 0.2) is 0 Å². The minimum Gasteiger partial charge on any atom is -0.326 e. The molecule has 2 N–H and O–H groups in total. The topological polar surface area (TPSA) is 63.4 Å². The zero-order chi connectivity index (χ0) is 18.2. The van der Waals surface area contributed by atoms with Crippen molar-refractivity contribution in [1.29, 1.82) is 0 Å². The Balaban J connectivity index is 1.67. The van der Waals surface area contributed by atoms with Gasteiger partial charge in [0.25, 0.3) is 11.8 Å². The fourth-order valence-electron chi connectivity index (χ4n) is 2.84. The Morgan fingerprint density at radius 3 is 1.92 bits per heavy atom. The summed E-state index contributed by atoms with van der Waals surface area (Å²) in [5.41, 5.74) is 6.56. The largest absolute Gasteiger partial charge is 0.416 e. The Hall–Kier alpha value is -2.67. The molecular weight excluding hydrogens is 333 g/mol. The maximum absolute atomic E-state index is 12.6. The van der Waals surface area contributed by atoms with E-state index in [0.29, 0.717) is 16.7 Å². The van der Waals surface area contributed by atoms with Gasteiger partial charge < -0.3 is 5.73 Å². The van der Waals surface area contributed by atoms with E-state index >= 15 is 0 Å². The van der Waals surface area contributed by atoms with Crippen molar-refractivity contribution in [3.63, 3.8) is 0 Å². The van der Waals surface area contributed by atoms with Crippen LogP contribution in [0.15, 0.2) is 48.5 Å². The van der Waals surface area contributed by atoms with Gasteiger partial charge in [-0.25, -0.2) is 0 Å². The molecule has 25 heavy (non-hydrogen) atoms. The highest BCUT2D eigenvalue weighted by atomic mass is 19.4. The molecule has 0 aromatic heterocycles. The van der Waals surface area contributed by atoms with E-state index in [1.54, 1.807) is 24.3 Å². The molecule has 0 saturated carbocycles. The second kappa shape index (κ2) is 6.33. The molecular formula is C18H15F3N2O2. The van der Waals surface area contributed by atoms with Crippen molar-refractivity contribution in [2.75, 3.05) is 6.54 Å². The predicted octanol–water partition coefficient (Wildman–Crippen LogP) is 2.87. The quantitative estimate of drug-likeness (QED) is 0.864. The molecule has 0 saturated heterocycles. The van der Waals surface area contributed by atoms with Crippen molar-refractivity contribution in [2.45, 2.75) is 18.6 Å². The number of benzene rings is 2. The number of hydrogen-bond acceptors (Lipinski definition) is 3. The number of carbonyl (C=O) groups excluding carboxylic acids is 2. The number of nitrogens with zero attached hydrogens (tertiary/aromatic N) is 1. The number of halogens is 3. The summed E-state index contributed by atoms with van der Waals surface area (Å²) in [6, 6.07) is 10.6. The summed E-state index contributed by atoms with van der Waals surface area (Å²) in [5, 5.41) is 0. The van der Waals surface area contributed by atoms with Crippen molar-refractivity contribution >= 4 is 11.8 Å². The SMILES string of the molecule is N[C@@H](Cc1ccc(C(F)(F)F)cc1)CN1C(=O)c2ccccc2C1=O. The third-order valence-corrected chi connectivity index (χ3v) is 4.07. The molecule has 0 aliphatic carbocycles. The van der Waals surface area contributed by atoms with Crippen LogP contribution in [0, 0.1) is 0 Å². The summed E-state index contributed by atoms with van der Waals surface area (Å²) >= 11 is 0. The lowest BCUT2D eigenvalue weighted by molar-refractivity contribution is -0.137. The van der Waals surface area contributed by atoms with E-state index in [4.69, 9.17) is 5.73 Å². The van der Waals surface area contributed by atoms with Crippen LogP contribution in [0.25, 0.3) is 0 Å². The Labute approximate surface area is 142 Å². The van der Waals surface area contributed by atoms with Crippen LogP contribution in [0.5, 0.6) is 0 Å². The van der Waals surface area contributed by atoms with Crippen molar-refractivity contribution in [3.8, 4) is 0 Å². The zero-order valence-corrected chi connectivity index (χ0v) is 13.1. The van der Waals surface area contributed by atoms with E-state index in [9.17, 15) is 22.8 Å². The lowest BCUT2D eigenvalue weighted by Crippen LogP contribution is -2.41. The van der Waals surface area contributed by atoms with Crippen LogP contribution in [0.4, 0.5) is 13.2 Å². The molecule has 4 nitrogen and oxygen atoms in total. The van der Waals surface area contributed by atoms with Crippen LogP contribution < -0.4 is 5.73 Å². The van der Waals surface area contributed by atoms with Crippen LogP contribution >= 0.6 is 0 Å².